The van der Waals surface area contributed by atoms with Gasteiger partial charge in [-0.2, -0.15) is 0 Å². The molecule has 0 fully saturated rings. The van der Waals surface area contributed by atoms with Crippen LogP contribution in [0.15, 0.2) is 18.7 Å². The maximum atomic E-state index is 2.31. The summed E-state index contributed by atoms with van der Waals surface area (Å²) >= 11 is 0. The number of hydrogen-bond donors (Lipinski definition) is 0. The van der Waals surface area contributed by atoms with E-state index in [1.165, 1.54) is 51.6 Å². The summed E-state index contributed by atoms with van der Waals surface area (Å²) < 4.78 is 4.61. The fourth-order valence-corrected chi connectivity index (χ4v) is 1.79. The highest BCUT2D eigenvalue weighted by molar-refractivity contribution is 4.65. The van der Waals surface area contributed by atoms with Gasteiger partial charge in [0.15, 0.2) is 0 Å². The molecular weight excluding hydrogens is 184 g/mol. The summed E-state index contributed by atoms with van der Waals surface area (Å²) in [5, 5.41) is 0. The van der Waals surface area contributed by atoms with Crippen LogP contribution in [0.25, 0.3) is 0 Å². The van der Waals surface area contributed by atoms with Gasteiger partial charge in [-0.3, -0.25) is 0 Å². The number of rotatable bonds is 8. The average Bonchev–Trinajstić information content (AvgIpc) is 2.67. The first-order valence-corrected chi connectivity index (χ1v) is 6.41. The van der Waals surface area contributed by atoms with Crippen molar-refractivity contribution in [3.8, 4) is 0 Å². The van der Waals surface area contributed by atoms with Crippen molar-refractivity contribution in [1.29, 1.82) is 0 Å². The van der Waals surface area contributed by atoms with E-state index in [9.17, 15) is 0 Å². The number of imidazole rings is 1. The average molecular weight is 209 g/mol. The first-order chi connectivity index (χ1) is 7.36. The van der Waals surface area contributed by atoms with Gasteiger partial charge in [0, 0.05) is 0 Å². The Bertz CT molecular complexity index is 228. The van der Waals surface area contributed by atoms with Crippen molar-refractivity contribution in [3.05, 3.63) is 18.7 Å². The maximum Gasteiger partial charge on any atom is 0.243 e. The van der Waals surface area contributed by atoms with E-state index in [4.69, 9.17) is 0 Å². The van der Waals surface area contributed by atoms with Gasteiger partial charge in [0.05, 0.1) is 13.1 Å². The number of unbranched alkanes of at least 4 members (excludes halogenated alkanes) is 4. The van der Waals surface area contributed by atoms with Crippen LogP contribution in [0.2, 0.25) is 0 Å². The molecule has 0 amide bonds. The Morgan fingerprint density at radius 3 is 2.47 bits per heavy atom. The lowest BCUT2D eigenvalue weighted by Gasteiger charge is -1.96. The van der Waals surface area contributed by atoms with E-state index < -0.39 is 0 Å². The molecule has 0 aliphatic heterocycles. The van der Waals surface area contributed by atoms with Crippen LogP contribution < -0.4 is 4.57 Å². The van der Waals surface area contributed by atoms with Gasteiger partial charge in [0.1, 0.15) is 12.4 Å². The van der Waals surface area contributed by atoms with Crippen molar-refractivity contribution in [1.82, 2.24) is 4.57 Å². The molecule has 0 N–H and O–H groups in total. The summed E-state index contributed by atoms with van der Waals surface area (Å²) in [7, 11) is 0. The van der Waals surface area contributed by atoms with Crippen LogP contribution in [0.1, 0.15) is 52.4 Å². The molecule has 1 aromatic rings. The zero-order chi connectivity index (χ0) is 10.9. The van der Waals surface area contributed by atoms with Gasteiger partial charge in [-0.15, -0.1) is 0 Å². The van der Waals surface area contributed by atoms with Crippen molar-refractivity contribution in [2.24, 2.45) is 0 Å². The molecule has 1 rings (SSSR count). The fourth-order valence-electron chi connectivity index (χ4n) is 1.79. The molecule has 1 heterocycles. The van der Waals surface area contributed by atoms with Gasteiger partial charge < -0.3 is 0 Å². The molecule has 0 aliphatic carbocycles. The van der Waals surface area contributed by atoms with Gasteiger partial charge in [-0.1, -0.05) is 26.7 Å². The quantitative estimate of drug-likeness (QED) is 0.459. The number of aryl methyl sites for hydroxylation is 2. The molecule has 0 spiro atoms. The van der Waals surface area contributed by atoms with Gasteiger partial charge in [-0.05, 0) is 25.7 Å². The normalized spacial score (nSPS) is 10.8. The zero-order valence-corrected chi connectivity index (χ0v) is 10.3. The summed E-state index contributed by atoms with van der Waals surface area (Å²) in [6.07, 6.45) is 14.5. The first kappa shape index (κ1) is 12.3. The highest BCUT2D eigenvalue weighted by Gasteiger charge is 2.02. The van der Waals surface area contributed by atoms with Crippen LogP contribution in [-0.2, 0) is 13.1 Å². The first-order valence-electron chi connectivity index (χ1n) is 6.41. The zero-order valence-electron chi connectivity index (χ0n) is 10.3. The van der Waals surface area contributed by atoms with Crippen LogP contribution in [-0.4, -0.2) is 4.57 Å². The van der Waals surface area contributed by atoms with Crippen LogP contribution in [0.4, 0.5) is 0 Å². The van der Waals surface area contributed by atoms with Crippen LogP contribution in [0.3, 0.4) is 0 Å². The minimum absolute atomic E-state index is 1.18. The predicted molar refractivity (Wildman–Crippen MR) is 63.7 cm³/mol. The van der Waals surface area contributed by atoms with Crippen molar-refractivity contribution >= 4 is 0 Å². The van der Waals surface area contributed by atoms with Crippen LogP contribution in [0, 0.1) is 0 Å². The standard InChI is InChI=1S/C13H25N2/c1-3-5-7-9-14-11-12-15(13-14)10-8-6-4-2/h11-13H,3-10H2,1-2H3/q+1. The third-order valence-corrected chi connectivity index (χ3v) is 2.79. The van der Waals surface area contributed by atoms with E-state index in [0.717, 1.165) is 0 Å². The van der Waals surface area contributed by atoms with E-state index in [-0.39, 0.29) is 0 Å². The van der Waals surface area contributed by atoms with Crippen molar-refractivity contribution in [2.45, 2.75) is 65.5 Å². The van der Waals surface area contributed by atoms with E-state index in [2.05, 4.69) is 41.7 Å². The van der Waals surface area contributed by atoms with E-state index in [1.807, 2.05) is 0 Å². The Morgan fingerprint density at radius 1 is 1.00 bits per heavy atom. The second-order valence-corrected chi connectivity index (χ2v) is 4.30. The topological polar surface area (TPSA) is 8.81 Å². The lowest BCUT2D eigenvalue weighted by Crippen LogP contribution is -2.30. The molecule has 0 atom stereocenters. The third kappa shape index (κ3) is 5.01. The third-order valence-electron chi connectivity index (χ3n) is 2.79. The summed E-state index contributed by atoms with van der Waals surface area (Å²) in [4.78, 5) is 0. The summed E-state index contributed by atoms with van der Waals surface area (Å²) in [5.74, 6) is 0. The minimum atomic E-state index is 1.18. The Kier molecular flexibility index (Phi) is 6.14. The Hall–Kier alpha value is -0.790. The smallest absolute Gasteiger partial charge is 0.237 e. The summed E-state index contributed by atoms with van der Waals surface area (Å²) in [5.41, 5.74) is 0. The number of aromatic nitrogens is 2. The Balaban J connectivity index is 2.23. The molecule has 1 aromatic heterocycles. The molecule has 0 radical (unpaired) electrons. The van der Waals surface area contributed by atoms with Crippen molar-refractivity contribution in [2.75, 3.05) is 0 Å². The molecule has 0 bridgehead atoms. The second kappa shape index (κ2) is 7.49. The van der Waals surface area contributed by atoms with E-state index >= 15 is 0 Å². The molecular formula is C13H25N2+. The molecule has 15 heavy (non-hydrogen) atoms. The fraction of sp³-hybridized carbons (Fsp3) is 0.769. The highest BCUT2D eigenvalue weighted by atomic mass is 15.1. The SMILES string of the molecule is CCCCCn1cc[n+](CCCCC)c1. The van der Waals surface area contributed by atoms with Crippen LogP contribution in [0.5, 0.6) is 0 Å². The molecule has 0 aromatic carbocycles. The van der Waals surface area contributed by atoms with Gasteiger partial charge >= 0.3 is 0 Å². The second-order valence-electron chi connectivity index (χ2n) is 4.30. The molecule has 0 saturated carbocycles. The summed E-state index contributed by atoms with van der Waals surface area (Å²) in [6.45, 7) is 6.85. The van der Waals surface area contributed by atoms with Gasteiger partial charge in [-0.25, -0.2) is 9.13 Å². The maximum absolute atomic E-state index is 2.31. The molecule has 0 saturated heterocycles. The molecule has 86 valence electrons. The predicted octanol–water partition coefficient (Wildman–Crippen LogP) is 3.16. The van der Waals surface area contributed by atoms with Gasteiger partial charge in [0.25, 0.3) is 0 Å². The lowest BCUT2D eigenvalue weighted by atomic mass is 10.2. The minimum Gasteiger partial charge on any atom is -0.237 e. The molecule has 2 nitrogen and oxygen atoms in total. The Labute approximate surface area is 93.9 Å². The highest BCUT2D eigenvalue weighted by Crippen LogP contribution is 1.98. The Morgan fingerprint density at radius 2 is 1.73 bits per heavy atom. The molecule has 2 heteroatoms. The molecule has 0 aliphatic rings. The van der Waals surface area contributed by atoms with Crippen molar-refractivity contribution < 1.29 is 4.57 Å². The number of nitrogens with zero attached hydrogens (tertiary/aromatic N) is 2. The summed E-state index contributed by atoms with van der Waals surface area (Å²) in [6, 6.07) is 0. The van der Waals surface area contributed by atoms with E-state index in [0.29, 0.717) is 0 Å². The largest absolute Gasteiger partial charge is 0.243 e. The monoisotopic (exact) mass is 209 g/mol. The molecule has 0 unspecified atom stereocenters. The van der Waals surface area contributed by atoms with Crippen molar-refractivity contribution in [3.63, 3.8) is 0 Å². The van der Waals surface area contributed by atoms with E-state index in [1.54, 1.807) is 0 Å². The van der Waals surface area contributed by atoms with Crippen LogP contribution >= 0.6 is 0 Å². The lowest BCUT2D eigenvalue weighted by molar-refractivity contribution is -0.696. The van der Waals surface area contributed by atoms with Gasteiger partial charge in [0.2, 0.25) is 6.33 Å². The number of hydrogen-bond acceptors (Lipinski definition) is 0.